The number of hydrogen-bond acceptors (Lipinski definition) is 1. The van der Waals surface area contributed by atoms with Crippen molar-refractivity contribution in [3.05, 3.63) is 114 Å². The van der Waals surface area contributed by atoms with Gasteiger partial charge in [-0.05, 0) is 75.4 Å². The maximum absolute atomic E-state index is 6.59. The van der Waals surface area contributed by atoms with Crippen LogP contribution in [0.5, 0.6) is 0 Å². The Bertz CT molecular complexity index is 2050. The van der Waals surface area contributed by atoms with Gasteiger partial charge in [-0.3, -0.25) is 0 Å². The van der Waals surface area contributed by atoms with Gasteiger partial charge in [0.05, 0.1) is 16.7 Å². The highest BCUT2D eigenvalue weighted by atomic mass is 16.3. The zero-order valence-electron chi connectivity index (χ0n) is 25.8. The summed E-state index contributed by atoms with van der Waals surface area (Å²) < 4.78 is 9.04. The average molecular weight is 550 g/mol. The molecular formula is C40H39NO. The molecule has 0 bridgehead atoms. The van der Waals surface area contributed by atoms with Crippen molar-refractivity contribution >= 4 is 43.7 Å². The van der Waals surface area contributed by atoms with Gasteiger partial charge in [-0.25, -0.2) is 0 Å². The van der Waals surface area contributed by atoms with Crippen molar-refractivity contribution in [1.82, 2.24) is 4.57 Å². The average Bonchev–Trinajstić information content (AvgIpc) is 3.51. The van der Waals surface area contributed by atoms with Crippen molar-refractivity contribution < 1.29 is 4.42 Å². The summed E-state index contributed by atoms with van der Waals surface area (Å²) in [5.41, 5.74) is 12.2. The summed E-state index contributed by atoms with van der Waals surface area (Å²) in [5.74, 6) is 0. The largest absolute Gasteiger partial charge is 0.456 e. The second-order valence-electron chi connectivity index (χ2n) is 13.7. The maximum Gasteiger partial charge on any atom is 0.136 e. The van der Waals surface area contributed by atoms with Gasteiger partial charge in [-0.2, -0.15) is 0 Å². The Morgan fingerprint density at radius 1 is 0.595 bits per heavy atom. The van der Waals surface area contributed by atoms with Crippen LogP contribution in [0.15, 0.2) is 101 Å². The molecule has 0 aliphatic heterocycles. The van der Waals surface area contributed by atoms with E-state index < -0.39 is 0 Å². The van der Waals surface area contributed by atoms with Crippen molar-refractivity contribution in [1.29, 1.82) is 0 Å². The number of nitrogens with zero attached hydrogens (tertiary/aromatic N) is 1. The number of para-hydroxylation sites is 2. The molecule has 2 heterocycles. The van der Waals surface area contributed by atoms with Crippen LogP contribution >= 0.6 is 0 Å². The van der Waals surface area contributed by atoms with Crippen LogP contribution in [0.1, 0.15) is 65.2 Å². The topological polar surface area (TPSA) is 18.1 Å². The second-order valence-corrected chi connectivity index (χ2v) is 13.7. The summed E-state index contributed by atoms with van der Waals surface area (Å²) in [6, 6.07) is 35.6. The van der Waals surface area contributed by atoms with E-state index in [0.717, 1.165) is 17.6 Å². The fourth-order valence-corrected chi connectivity index (χ4v) is 6.61. The molecule has 0 fully saturated rings. The predicted molar refractivity (Wildman–Crippen MR) is 180 cm³/mol. The molecule has 7 rings (SSSR count). The molecule has 5 aromatic carbocycles. The van der Waals surface area contributed by atoms with E-state index in [1.54, 1.807) is 0 Å². The van der Waals surface area contributed by atoms with Gasteiger partial charge in [0, 0.05) is 21.5 Å². The molecule has 0 aliphatic rings. The normalized spacial score (nSPS) is 12.7. The van der Waals surface area contributed by atoms with Crippen molar-refractivity contribution in [2.75, 3.05) is 0 Å². The molecule has 0 radical (unpaired) electrons. The molecule has 0 saturated heterocycles. The van der Waals surface area contributed by atoms with Crippen LogP contribution in [-0.2, 0) is 17.3 Å². The minimum Gasteiger partial charge on any atom is -0.456 e. The molecule has 7 aromatic rings. The number of hydrogen-bond donors (Lipinski definition) is 0. The van der Waals surface area contributed by atoms with Gasteiger partial charge in [0.15, 0.2) is 0 Å². The minimum absolute atomic E-state index is 0.0423. The Morgan fingerprint density at radius 2 is 1.17 bits per heavy atom. The van der Waals surface area contributed by atoms with Crippen LogP contribution in [0.3, 0.4) is 0 Å². The van der Waals surface area contributed by atoms with Gasteiger partial charge in [0.2, 0.25) is 0 Å². The summed E-state index contributed by atoms with van der Waals surface area (Å²) >= 11 is 0. The molecule has 0 amide bonds. The van der Waals surface area contributed by atoms with E-state index in [1.165, 1.54) is 66.1 Å². The number of benzene rings is 5. The lowest BCUT2D eigenvalue weighted by atomic mass is 9.78. The van der Waals surface area contributed by atoms with Crippen LogP contribution in [0.2, 0.25) is 0 Å². The highest BCUT2D eigenvalue weighted by molar-refractivity contribution is 6.15. The monoisotopic (exact) mass is 549 g/mol. The third-order valence-corrected chi connectivity index (χ3v) is 8.90. The van der Waals surface area contributed by atoms with Crippen LogP contribution in [0, 0.1) is 0 Å². The fourth-order valence-electron chi connectivity index (χ4n) is 6.61. The van der Waals surface area contributed by atoms with Gasteiger partial charge >= 0.3 is 0 Å². The third kappa shape index (κ3) is 4.08. The lowest BCUT2D eigenvalue weighted by molar-refractivity contribution is 0.569. The van der Waals surface area contributed by atoms with Crippen LogP contribution < -0.4 is 0 Å². The number of fused-ring (bicyclic) bond motifs is 6. The van der Waals surface area contributed by atoms with Crippen molar-refractivity contribution in [2.24, 2.45) is 0 Å². The molecule has 0 atom stereocenters. The zero-order chi connectivity index (χ0) is 29.4. The quantitative estimate of drug-likeness (QED) is 0.214. The van der Waals surface area contributed by atoms with E-state index in [9.17, 15) is 0 Å². The van der Waals surface area contributed by atoms with E-state index in [1.807, 2.05) is 0 Å². The number of aromatic nitrogens is 1. The summed E-state index contributed by atoms with van der Waals surface area (Å²) in [4.78, 5) is 0. The summed E-state index contributed by atoms with van der Waals surface area (Å²) in [6.07, 6.45) is 0.895. The first-order valence-corrected chi connectivity index (χ1v) is 15.2. The van der Waals surface area contributed by atoms with Crippen LogP contribution in [0.25, 0.3) is 60.6 Å². The number of rotatable bonds is 3. The standard InChI is InChI=1S/C40H39NO/c1-8-28-34(41-32-17-11-9-14-30(32)31-15-10-12-18-33(31)41)20-21-36-37(28)38-29(16-13-19-35(38)42-36)25-22-26(39(2,3)4)24-27(23-25)40(5,6)7/h9-24H,8H2,1-7H3. The molecular weight excluding hydrogens is 510 g/mol. The first-order valence-electron chi connectivity index (χ1n) is 15.2. The van der Waals surface area contributed by atoms with Gasteiger partial charge in [-0.1, -0.05) is 115 Å². The summed E-state index contributed by atoms with van der Waals surface area (Å²) in [5, 5.41) is 4.99. The van der Waals surface area contributed by atoms with Crippen molar-refractivity contribution in [3.63, 3.8) is 0 Å². The maximum atomic E-state index is 6.59. The fraction of sp³-hybridized carbons (Fsp3) is 0.250. The van der Waals surface area contributed by atoms with E-state index in [4.69, 9.17) is 4.42 Å². The molecule has 0 spiro atoms. The molecule has 42 heavy (non-hydrogen) atoms. The molecule has 2 nitrogen and oxygen atoms in total. The molecule has 2 heteroatoms. The number of furan rings is 1. The number of aryl methyl sites for hydroxylation is 1. The van der Waals surface area contributed by atoms with Gasteiger partial charge in [-0.15, -0.1) is 0 Å². The van der Waals surface area contributed by atoms with E-state index >= 15 is 0 Å². The van der Waals surface area contributed by atoms with E-state index in [0.29, 0.717) is 0 Å². The Kier molecular flexibility index (Phi) is 5.92. The lowest BCUT2D eigenvalue weighted by Gasteiger charge is -2.26. The first kappa shape index (κ1) is 26.6. The van der Waals surface area contributed by atoms with Crippen LogP contribution in [0.4, 0.5) is 0 Å². The SMILES string of the molecule is CCc1c(-n2c3ccccc3c3ccccc32)ccc2oc3cccc(-c4cc(C(C)(C)C)cc(C(C)(C)C)c4)c3c12. The summed E-state index contributed by atoms with van der Waals surface area (Å²) in [7, 11) is 0. The van der Waals surface area contributed by atoms with Crippen LogP contribution in [-0.4, -0.2) is 4.57 Å². The first-order chi connectivity index (χ1) is 20.1. The van der Waals surface area contributed by atoms with Crippen molar-refractivity contribution in [3.8, 4) is 16.8 Å². The lowest BCUT2D eigenvalue weighted by Crippen LogP contribution is -2.16. The Balaban J connectivity index is 1.58. The Morgan fingerprint density at radius 3 is 1.74 bits per heavy atom. The highest BCUT2D eigenvalue weighted by Gasteiger charge is 2.24. The Hall–Kier alpha value is -4.30. The minimum atomic E-state index is 0.0423. The van der Waals surface area contributed by atoms with Crippen molar-refractivity contribution in [2.45, 2.75) is 65.7 Å². The molecule has 0 aliphatic carbocycles. The highest BCUT2D eigenvalue weighted by Crippen LogP contribution is 2.43. The smallest absolute Gasteiger partial charge is 0.136 e. The Labute approximate surface area is 248 Å². The zero-order valence-corrected chi connectivity index (χ0v) is 25.8. The van der Waals surface area contributed by atoms with Gasteiger partial charge < -0.3 is 8.98 Å². The molecule has 210 valence electrons. The molecule has 0 unspecified atom stereocenters. The molecule has 0 saturated carbocycles. The third-order valence-electron chi connectivity index (χ3n) is 8.90. The van der Waals surface area contributed by atoms with Gasteiger partial charge in [0.25, 0.3) is 0 Å². The molecule has 2 aromatic heterocycles. The van der Waals surface area contributed by atoms with E-state index in [2.05, 4.69) is 150 Å². The second kappa shape index (κ2) is 9.36. The summed E-state index contributed by atoms with van der Waals surface area (Å²) in [6.45, 7) is 16.1. The van der Waals surface area contributed by atoms with E-state index in [-0.39, 0.29) is 10.8 Å². The molecule has 0 N–H and O–H groups in total. The predicted octanol–water partition coefficient (Wildman–Crippen LogP) is 11.5. The van der Waals surface area contributed by atoms with Gasteiger partial charge in [0.1, 0.15) is 11.2 Å².